The molecular formula is C5H9N3O2. The van der Waals surface area contributed by atoms with Crippen LogP contribution in [0.25, 0.3) is 0 Å². The molecule has 0 spiro atoms. The van der Waals surface area contributed by atoms with Crippen molar-refractivity contribution >= 4 is 0 Å². The first-order valence-corrected chi connectivity index (χ1v) is 2.97. The van der Waals surface area contributed by atoms with Gasteiger partial charge in [0.1, 0.15) is 6.07 Å². The molecule has 1 atom stereocenters. The predicted molar refractivity (Wildman–Crippen MR) is 32.2 cm³/mol. The second-order valence-electron chi connectivity index (χ2n) is 1.83. The van der Waals surface area contributed by atoms with E-state index in [2.05, 4.69) is 5.28 Å². The zero-order chi connectivity index (χ0) is 7.98. The molecule has 0 saturated heterocycles. The highest BCUT2D eigenvalue weighted by Crippen LogP contribution is 1.99. The van der Waals surface area contributed by atoms with E-state index < -0.39 is 6.04 Å². The Labute approximate surface area is 58.7 Å². The van der Waals surface area contributed by atoms with Gasteiger partial charge in [-0.15, -0.1) is 0 Å². The maximum Gasteiger partial charge on any atom is 0.277 e. The van der Waals surface area contributed by atoms with Crippen LogP contribution in [0, 0.1) is 16.5 Å². The lowest BCUT2D eigenvalue weighted by Crippen LogP contribution is -2.17. The van der Waals surface area contributed by atoms with Crippen LogP contribution in [0.1, 0.15) is 19.8 Å². The van der Waals surface area contributed by atoms with Crippen LogP contribution in [0.5, 0.6) is 0 Å². The van der Waals surface area contributed by atoms with Crippen LogP contribution >= 0.6 is 0 Å². The van der Waals surface area contributed by atoms with Crippen LogP contribution in [-0.4, -0.2) is 16.1 Å². The molecule has 0 aromatic carbocycles. The van der Waals surface area contributed by atoms with Crippen LogP contribution < -0.4 is 0 Å². The van der Waals surface area contributed by atoms with Gasteiger partial charge in [0.05, 0.1) is 0 Å². The number of hydroxylamine groups is 1. The van der Waals surface area contributed by atoms with Gasteiger partial charge in [-0.25, -0.2) is 0 Å². The molecular weight excluding hydrogens is 134 g/mol. The molecule has 1 unspecified atom stereocenters. The minimum absolute atomic E-state index is 0.00347. The van der Waals surface area contributed by atoms with Crippen molar-refractivity contribution in [2.45, 2.75) is 25.8 Å². The fourth-order valence-electron chi connectivity index (χ4n) is 0.560. The monoisotopic (exact) mass is 143 g/mol. The van der Waals surface area contributed by atoms with Gasteiger partial charge in [0.25, 0.3) is 6.04 Å². The van der Waals surface area contributed by atoms with E-state index in [9.17, 15) is 5.21 Å². The van der Waals surface area contributed by atoms with Gasteiger partial charge in [-0.3, -0.25) is 0 Å². The Hall–Kier alpha value is -1.31. The van der Waals surface area contributed by atoms with Crippen LogP contribution in [0.4, 0.5) is 0 Å². The highest BCUT2D eigenvalue weighted by atomic mass is 16.6. The molecule has 0 rings (SSSR count). The van der Waals surface area contributed by atoms with Gasteiger partial charge >= 0.3 is 0 Å². The van der Waals surface area contributed by atoms with Crippen molar-refractivity contribution in [1.29, 1.82) is 5.26 Å². The van der Waals surface area contributed by atoms with E-state index in [0.29, 0.717) is 12.8 Å². The third kappa shape index (κ3) is 2.31. The average molecular weight is 143 g/mol. The number of nitriles is 1. The minimum atomic E-state index is -0.852. The highest BCUT2D eigenvalue weighted by molar-refractivity contribution is 4.81. The molecule has 0 aromatic rings. The molecule has 0 amide bonds. The molecule has 1 N–H and O–H groups in total. The van der Waals surface area contributed by atoms with Crippen LogP contribution in [-0.2, 0) is 0 Å². The summed E-state index contributed by atoms with van der Waals surface area (Å²) in [6, 6.07) is 0.861. The Morgan fingerprint density at radius 2 is 2.50 bits per heavy atom. The Kier molecular flexibility index (Phi) is 3.96. The minimum Gasteiger partial charge on any atom is -0.596 e. The van der Waals surface area contributed by atoms with E-state index in [-0.39, 0.29) is 4.86 Å². The summed E-state index contributed by atoms with van der Waals surface area (Å²) in [5, 5.41) is 29.0. The Morgan fingerprint density at radius 3 is 2.80 bits per heavy atom. The molecule has 5 nitrogen and oxygen atoms in total. The molecule has 0 aromatic heterocycles. The number of hydrogen-bond donors (Lipinski definition) is 1. The number of rotatable bonds is 3. The summed E-state index contributed by atoms with van der Waals surface area (Å²) in [5.74, 6) is 0. The summed E-state index contributed by atoms with van der Waals surface area (Å²) in [7, 11) is 0. The smallest absolute Gasteiger partial charge is 0.277 e. The summed E-state index contributed by atoms with van der Waals surface area (Å²) < 4.78 is 0. The highest BCUT2D eigenvalue weighted by Gasteiger charge is 2.14. The fraction of sp³-hybridized carbons (Fsp3) is 0.800. The van der Waals surface area contributed by atoms with E-state index in [1.807, 2.05) is 6.92 Å². The predicted octanol–water partition coefficient (Wildman–Crippen LogP) is 1.03. The third-order valence-corrected chi connectivity index (χ3v) is 1.07. The first-order chi connectivity index (χ1) is 4.76. The zero-order valence-corrected chi connectivity index (χ0v) is 5.69. The van der Waals surface area contributed by atoms with Crippen molar-refractivity contribution in [1.82, 2.24) is 0 Å². The van der Waals surface area contributed by atoms with Gasteiger partial charge in [0.2, 0.25) is 0 Å². The van der Waals surface area contributed by atoms with Crippen LogP contribution in [0.2, 0.25) is 0 Å². The molecule has 56 valence electrons. The number of nitrogens with zero attached hydrogens (tertiary/aromatic N) is 3. The van der Waals surface area contributed by atoms with E-state index in [1.54, 1.807) is 6.07 Å². The second-order valence-corrected chi connectivity index (χ2v) is 1.83. The molecule has 0 bridgehead atoms. The molecule has 5 heteroatoms. The van der Waals surface area contributed by atoms with Crippen LogP contribution in [0.3, 0.4) is 0 Å². The summed E-state index contributed by atoms with van der Waals surface area (Å²) in [5.41, 5.74) is 0. The van der Waals surface area contributed by atoms with Crippen molar-refractivity contribution in [2.24, 2.45) is 5.28 Å². The summed E-state index contributed by atoms with van der Waals surface area (Å²) in [4.78, 5) is 0.00347. The fourth-order valence-corrected chi connectivity index (χ4v) is 0.560. The number of hydrogen-bond acceptors (Lipinski definition) is 3. The van der Waals surface area contributed by atoms with Gasteiger partial charge < -0.3 is 10.4 Å². The maximum atomic E-state index is 10.4. The van der Waals surface area contributed by atoms with Crippen molar-refractivity contribution in [3.8, 4) is 6.07 Å². The Bertz CT molecular complexity index is 161. The molecule has 0 aliphatic carbocycles. The molecule has 0 aliphatic heterocycles. The lowest BCUT2D eigenvalue weighted by atomic mass is 10.2. The SMILES string of the molecule is CCCC(C#N)/[N+]([O-])=N/O. The molecule has 0 fully saturated rings. The van der Waals surface area contributed by atoms with E-state index in [0.717, 1.165) is 0 Å². The Balaban J connectivity index is 3.97. The average Bonchev–Trinajstić information content (AvgIpc) is 1.99. The normalized spacial score (nSPS) is 14.2. The quantitative estimate of drug-likeness (QED) is 0.364. The van der Waals surface area contributed by atoms with E-state index in [1.165, 1.54) is 0 Å². The van der Waals surface area contributed by atoms with Crippen molar-refractivity contribution < 1.29 is 10.1 Å². The van der Waals surface area contributed by atoms with Crippen LogP contribution in [0.15, 0.2) is 5.28 Å². The van der Waals surface area contributed by atoms with E-state index in [4.69, 9.17) is 10.5 Å². The maximum absolute atomic E-state index is 10.4. The topological polar surface area (TPSA) is 82.5 Å². The molecule has 0 radical (unpaired) electrons. The van der Waals surface area contributed by atoms with E-state index >= 15 is 0 Å². The van der Waals surface area contributed by atoms with Crippen molar-refractivity contribution in [2.75, 3.05) is 0 Å². The zero-order valence-electron chi connectivity index (χ0n) is 5.69. The standard InChI is InChI=1S/C5H9N3O2/c1-2-3-5(4-6)8(10)7-9/h5,9H,2-3H2,1H3/b8-7-. The van der Waals surface area contributed by atoms with Gasteiger partial charge in [-0.2, -0.15) is 5.26 Å². The summed E-state index contributed by atoms with van der Waals surface area (Å²) in [6.45, 7) is 1.84. The second kappa shape index (κ2) is 4.56. The van der Waals surface area contributed by atoms with Gasteiger partial charge in [-0.05, 0) is 11.3 Å². The van der Waals surface area contributed by atoms with Crippen molar-refractivity contribution in [3.63, 3.8) is 0 Å². The Morgan fingerprint density at radius 1 is 1.90 bits per heavy atom. The molecule has 10 heavy (non-hydrogen) atoms. The largest absolute Gasteiger partial charge is 0.596 e. The van der Waals surface area contributed by atoms with Gasteiger partial charge in [0.15, 0.2) is 5.28 Å². The summed E-state index contributed by atoms with van der Waals surface area (Å²) in [6.07, 6.45) is 1.14. The van der Waals surface area contributed by atoms with Crippen molar-refractivity contribution in [3.05, 3.63) is 5.21 Å². The summed E-state index contributed by atoms with van der Waals surface area (Å²) >= 11 is 0. The molecule has 0 heterocycles. The van der Waals surface area contributed by atoms with Gasteiger partial charge in [0, 0.05) is 6.42 Å². The molecule has 0 saturated carbocycles. The lowest BCUT2D eigenvalue weighted by molar-refractivity contribution is -0.579. The van der Waals surface area contributed by atoms with Gasteiger partial charge in [-0.1, -0.05) is 6.92 Å². The third-order valence-electron chi connectivity index (χ3n) is 1.07. The first kappa shape index (κ1) is 8.69. The lowest BCUT2D eigenvalue weighted by Gasteiger charge is -2.01. The first-order valence-electron chi connectivity index (χ1n) is 2.97. The molecule has 0 aliphatic rings.